The molecule has 2 aromatic heterocycles. The summed E-state index contributed by atoms with van der Waals surface area (Å²) >= 11 is 0. The second kappa shape index (κ2) is 8.04. The van der Waals surface area contributed by atoms with Crippen molar-refractivity contribution in [3.8, 4) is 11.4 Å². The van der Waals surface area contributed by atoms with Gasteiger partial charge in [0.2, 0.25) is 10.0 Å². The van der Waals surface area contributed by atoms with Crippen LogP contribution < -0.4 is 4.90 Å². The number of sulfonamides is 1. The van der Waals surface area contributed by atoms with Gasteiger partial charge in [-0.05, 0) is 44.0 Å². The minimum atomic E-state index is -3.17. The molecule has 29 heavy (non-hydrogen) atoms. The summed E-state index contributed by atoms with van der Waals surface area (Å²) in [6, 6.07) is 11.9. The van der Waals surface area contributed by atoms with E-state index in [-0.39, 0.29) is 11.8 Å². The number of hydrogen-bond acceptors (Lipinski definition) is 6. The molecule has 1 aliphatic heterocycles. The molecular formula is C21H25N5O2S. The summed E-state index contributed by atoms with van der Waals surface area (Å²) in [6.07, 6.45) is 5.03. The van der Waals surface area contributed by atoms with Crippen LogP contribution in [0.25, 0.3) is 22.3 Å². The second-order valence-corrected chi connectivity index (χ2v) is 9.58. The zero-order valence-electron chi connectivity index (χ0n) is 16.7. The van der Waals surface area contributed by atoms with E-state index in [9.17, 15) is 8.42 Å². The van der Waals surface area contributed by atoms with Crippen molar-refractivity contribution in [2.24, 2.45) is 0 Å². The van der Waals surface area contributed by atoms with E-state index in [1.165, 1.54) is 0 Å². The average Bonchev–Trinajstić information content (AvgIpc) is 2.78. The van der Waals surface area contributed by atoms with Gasteiger partial charge in [0.1, 0.15) is 5.82 Å². The summed E-state index contributed by atoms with van der Waals surface area (Å²) in [5.41, 5.74) is 1.83. The lowest BCUT2D eigenvalue weighted by Gasteiger charge is -2.37. The van der Waals surface area contributed by atoms with Crippen molar-refractivity contribution in [1.82, 2.24) is 19.3 Å². The summed E-state index contributed by atoms with van der Waals surface area (Å²) in [4.78, 5) is 15.9. The van der Waals surface area contributed by atoms with E-state index in [1.54, 1.807) is 30.7 Å². The van der Waals surface area contributed by atoms with Gasteiger partial charge in [0.05, 0.1) is 11.3 Å². The molecule has 0 saturated carbocycles. The fraction of sp³-hybridized carbons (Fsp3) is 0.381. The number of fused-ring (bicyclic) bond motifs is 1. The Morgan fingerprint density at radius 1 is 1.07 bits per heavy atom. The van der Waals surface area contributed by atoms with E-state index < -0.39 is 10.0 Å². The second-order valence-electron chi connectivity index (χ2n) is 7.26. The van der Waals surface area contributed by atoms with Crippen LogP contribution in [0.4, 0.5) is 5.82 Å². The number of nitrogens with zero attached hydrogens (tertiary/aromatic N) is 5. The number of benzene rings is 1. The lowest BCUT2D eigenvalue weighted by Crippen LogP contribution is -2.46. The lowest BCUT2D eigenvalue weighted by atomic mass is 10.0. The van der Waals surface area contributed by atoms with Crippen molar-refractivity contribution in [2.45, 2.75) is 25.8 Å². The van der Waals surface area contributed by atoms with Crippen molar-refractivity contribution in [3.63, 3.8) is 0 Å². The average molecular weight is 412 g/mol. The smallest absolute Gasteiger partial charge is 0.213 e. The Labute approximate surface area is 171 Å². The van der Waals surface area contributed by atoms with Gasteiger partial charge in [0.25, 0.3) is 0 Å². The Kier molecular flexibility index (Phi) is 5.47. The standard InChI is InChI=1S/C21H25N5O2S/c1-3-29(27,28)25(2)17-10-14-26(15-11-17)21-18-6-4-5-7-19(18)23-20(24-21)16-8-12-22-13-9-16/h4-9,12-13,17H,3,10-11,14-15H2,1-2H3. The minimum absolute atomic E-state index is 0.0315. The van der Waals surface area contributed by atoms with Crippen molar-refractivity contribution >= 4 is 26.7 Å². The highest BCUT2D eigenvalue weighted by molar-refractivity contribution is 7.89. The molecule has 0 amide bonds. The molecule has 0 radical (unpaired) electrons. The van der Waals surface area contributed by atoms with Gasteiger partial charge in [0, 0.05) is 49.5 Å². The molecule has 0 N–H and O–H groups in total. The zero-order valence-corrected chi connectivity index (χ0v) is 17.5. The highest BCUT2D eigenvalue weighted by Crippen LogP contribution is 2.30. The van der Waals surface area contributed by atoms with Crippen LogP contribution >= 0.6 is 0 Å². The van der Waals surface area contributed by atoms with E-state index >= 15 is 0 Å². The van der Waals surface area contributed by atoms with Crippen LogP contribution in [0.2, 0.25) is 0 Å². The molecule has 0 bridgehead atoms. The maximum absolute atomic E-state index is 12.2. The Hall–Kier alpha value is -2.58. The van der Waals surface area contributed by atoms with Crippen LogP contribution in [0, 0.1) is 0 Å². The molecule has 3 aromatic rings. The van der Waals surface area contributed by atoms with Gasteiger partial charge >= 0.3 is 0 Å². The third-order valence-electron chi connectivity index (χ3n) is 5.60. The summed E-state index contributed by atoms with van der Waals surface area (Å²) < 4.78 is 26.0. The number of anilines is 1. The van der Waals surface area contributed by atoms with Gasteiger partial charge in [-0.2, -0.15) is 0 Å². The number of piperidine rings is 1. The molecule has 152 valence electrons. The summed E-state index contributed by atoms with van der Waals surface area (Å²) in [7, 11) is -1.48. The first-order valence-electron chi connectivity index (χ1n) is 9.87. The van der Waals surface area contributed by atoms with Gasteiger partial charge in [-0.3, -0.25) is 4.98 Å². The fourth-order valence-corrected chi connectivity index (χ4v) is 4.88. The highest BCUT2D eigenvalue weighted by Gasteiger charge is 2.29. The molecular weight excluding hydrogens is 386 g/mol. The quantitative estimate of drug-likeness (QED) is 0.642. The maximum Gasteiger partial charge on any atom is 0.213 e. The molecule has 4 rings (SSSR count). The number of aromatic nitrogens is 3. The van der Waals surface area contributed by atoms with Gasteiger partial charge in [-0.25, -0.2) is 22.7 Å². The molecule has 0 spiro atoms. The van der Waals surface area contributed by atoms with Gasteiger partial charge in [0.15, 0.2) is 5.82 Å². The molecule has 7 nitrogen and oxygen atoms in total. The molecule has 1 saturated heterocycles. The number of para-hydroxylation sites is 1. The van der Waals surface area contributed by atoms with E-state index in [2.05, 4.69) is 9.88 Å². The van der Waals surface area contributed by atoms with E-state index in [4.69, 9.17) is 9.97 Å². The van der Waals surface area contributed by atoms with Crippen LogP contribution in [0.5, 0.6) is 0 Å². The molecule has 0 unspecified atom stereocenters. The third kappa shape index (κ3) is 3.95. The van der Waals surface area contributed by atoms with E-state index in [0.29, 0.717) is 5.82 Å². The maximum atomic E-state index is 12.2. The first kappa shape index (κ1) is 19.7. The van der Waals surface area contributed by atoms with Gasteiger partial charge in [-0.15, -0.1) is 0 Å². The van der Waals surface area contributed by atoms with Crippen LogP contribution in [-0.2, 0) is 10.0 Å². The van der Waals surface area contributed by atoms with Crippen molar-refractivity contribution in [3.05, 3.63) is 48.8 Å². The summed E-state index contributed by atoms with van der Waals surface area (Å²) in [6.45, 7) is 3.20. The predicted molar refractivity (Wildman–Crippen MR) is 115 cm³/mol. The van der Waals surface area contributed by atoms with Crippen molar-refractivity contribution in [2.75, 3.05) is 30.8 Å². The largest absolute Gasteiger partial charge is 0.356 e. The number of pyridine rings is 1. The molecule has 1 aromatic carbocycles. The van der Waals surface area contributed by atoms with Crippen LogP contribution in [0.1, 0.15) is 19.8 Å². The molecule has 1 fully saturated rings. The Morgan fingerprint density at radius 2 is 1.76 bits per heavy atom. The van der Waals surface area contributed by atoms with Gasteiger partial charge < -0.3 is 4.90 Å². The fourth-order valence-electron chi connectivity index (χ4n) is 3.80. The van der Waals surface area contributed by atoms with Crippen LogP contribution in [0.15, 0.2) is 48.8 Å². The first-order chi connectivity index (χ1) is 14.0. The van der Waals surface area contributed by atoms with Crippen molar-refractivity contribution in [1.29, 1.82) is 0 Å². The number of hydrogen-bond donors (Lipinski definition) is 0. The predicted octanol–water partition coefficient (Wildman–Crippen LogP) is 2.94. The van der Waals surface area contributed by atoms with E-state index in [0.717, 1.165) is 48.2 Å². The zero-order chi connectivity index (χ0) is 20.4. The Morgan fingerprint density at radius 3 is 2.45 bits per heavy atom. The van der Waals surface area contributed by atoms with Crippen molar-refractivity contribution < 1.29 is 8.42 Å². The Balaban J connectivity index is 1.65. The SMILES string of the molecule is CCS(=O)(=O)N(C)C1CCN(c2nc(-c3ccncc3)nc3ccccc23)CC1. The first-order valence-corrected chi connectivity index (χ1v) is 11.5. The third-order valence-corrected chi connectivity index (χ3v) is 7.51. The molecule has 8 heteroatoms. The van der Waals surface area contributed by atoms with E-state index in [1.807, 2.05) is 36.4 Å². The van der Waals surface area contributed by atoms with Gasteiger partial charge in [-0.1, -0.05) is 12.1 Å². The molecule has 0 aliphatic carbocycles. The lowest BCUT2D eigenvalue weighted by molar-refractivity contribution is 0.312. The minimum Gasteiger partial charge on any atom is -0.356 e. The number of rotatable bonds is 5. The summed E-state index contributed by atoms with van der Waals surface area (Å²) in [5.74, 6) is 1.71. The Bertz CT molecular complexity index is 1100. The normalized spacial score (nSPS) is 15.9. The molecule has 3 heterocycles. The molecule has 0 atom stereocenters. The monoisotopic (exact) mass is 411 g/mol. The molecule has 1 aliphatic rings. The van der Waals surface area contributed by atoms with Crippen LogP contribution in [0.3, 0.4) is 0 Å². The highest BCUT2D eigenvalue weighted by atomic mass is 32.2. The summed E-state index contributed by atoms with van der Waals surface area (Å²) in [5, 5.41) is 1.01. The topological polar surface area (TPSA) is 79.3 Å². The van der Waals surface area contributed by atoms with Crippen LogP contribution in [-0.4, -0.2) is 59.6 Å².